The summed E-state index contributed by atoms with van der Waals surface area (Å²) in [6.07, 6.45) is 1.77. The number of carbonyl (C=O) groups is 2. The van der Waals surface area contributed by atoms with Gasteiger partial charge in [-0.3, -0.25) is 5.32 Å². The number of aromatic nitrogens is 1. The molecule has 3 N–H and O–H groups in total. The first-order chi connectivity index (χ1) is 18.5. The van der Waals surface area contributed by atoms with Gasteiger partial charge in [0.1, 0.15) is 11.6 Å². The monoisotopic (exact) mass is 536 g/mol. The van der Waals surface area contributed by atoms with Gasteiger partial charge in [0.05, 0.1) is 24.4 Å². The topological polar surface area (TPSA) is 127 Å². The number of amides is 1. The zero-order valence-electron chi connectivity index (χ0n) is 20.5. The maximum atomic E-state index is 11.8. The zero-order chi connectivity index (χ0) is 26.9. The van der Waals surface area contributed by atoms with Crippen molar-refractivity contribution in [2.45, 2.75) is 36.6 Å². The van der Waals surface area contributed by atoms with Gasteiger partial charge in [-0.25, -0.2) is 14.6 Å². The van der Waals surface area contributed by atoms with E-state index < -0.39 is 18.4 Å². The summed E-state index contributed by atoms with van der Waals surface area (Å²) in [6, 6.07) is 17.7. The molecule has 3 aromatic rings. The predicted octanol–water partition coefficient (Wildman–Crippen LogP) is 5.34. The fourth-order valence-electron chi connectivity index (χ4n) is 3.88. The van der Waals surface area contributed by atoms with Crippen LogP contribution in [0.4, 0.5) is 10.5 Å². The van der Waals surface area contributed by atoms with E-state index in [-0.39, 0.29) is 31.0 Å². The van der Waals surface area contributed by atoms with Crippen molar-refractivity contribution in [3.63, 3.8) is 0 Å². The number of nitrogens with one attached hydrogen (secondary N) is 1. The fraction of sp³-hybridized carbons (Fsp3) is 0.250. The molecule has 1 aliphatic rings. The van der Waals surface area contributed by atoms with Gasteiger partial charge < -0.3 is 24.4 Å². The van der Waals surface area contributed by atoms with E-state index in [2.05, 4.69) is 16.9 Å². The number of aliphatic hydroxyl groups is 1. The first-order valence-electron chi connectivity index (χ1n) is 11.9. The van der Waals surface area contributed by atoms with Gasteiger partial charge in [0, 0.05) is 29.6 Å². The van der Waals surface area contributed by atoms with Crippen LogP contribution in [-0.4, -0.2) is 45.7 Å². The highest BCUT2D eigenvalue weighted by Crippen LogP contribution is 2.39. The Morgan fingerprint density at radius 1 is 1.11 bits per heavy atom. The Kier molecular flexibility index (Phi) is 9.50. The summed E-state index contributed by atoms with van der Waals surface area (Å²) in [7, 11) is 0. The third-order valence-electron chi connectivity index (χ3n) is 5.78. The van der Waals surface area contributed by atoms with E-state index in [1.165, 1.54) is 23.9 Å². The molecule has 2 aromatic carbocycles. The number of carboxylic acid groups (broad SMARTS) is 1. The van der Waals surface area contributed by atoms with Gasteiger partial charge in [0.2, 0.25) is 0 Å². The number of nitrogens with zero attached hydrogens (tertiary/aromatic N) is 1. The molecule has 1 amide bonds. The van der Waals surface area contributed by atoms with E-state index in [4.69, 9.17) is 14.2 Å². The lowest BCUT2D eigenvalue weighted by Gasteiger charge is -2.36. The summed E-state index contributed by atoms with van der Waals surface area (Å²) in [5.74, 6) is -0.563. The highest BCUT2D eigenvalue weighted by molar-refractivity contribution is 7.99. The first-order valence-corrected chi connectivity index (χ1v) is 12.9. The quantitative estimate of drug-likeness (QED) is 0.232. The molecule has 1 saturated heterocycles. The molecule has 3 unspecified atom stereocenters. The van der Waals surface area contributed by atoms with Crippen molar-refractivity contribution in [1.82, 2.24) is 4.98 Å². The van der Waals surface area contributed by atoms with Crippen molar-refractivity contribution in [2.24, 2.45) is 0 Å². The Bertz CT molecular complexity index is 1250. The van der Waals surface area contributed by atoms with Crippen LogP contribution >= 0.6 is 11.8 Å². The number of rotatable bonds is 10. The molecule has 0 bridgehead atoms. The molecule has 1 aliphatic heterocycles. The molecular formula is C28H28N2O7S. The highest BCUT2D eigenvalue weighted by atomic mass is 32.2. The number of carboxylic acids is 1. The molecule has 0 saturated carbocycles. The fourth-order valence-corrected chi connectivity index (χ4v) is 4.88. The summed E-state index contributed by atoms with van der Waals surface area (Å²) in [4.78, 5) is 27.6. The Morgan fingerprint density at radius 2 is 1.84 bits per heavy atom. The van der Waals surface area contributed by atoms with Crippen LogP contribution in [0.15, 0.2) is 84.5 Å². The van der Waals surface area contributed by atoms with E-state index >= 15 is 0 Å². The van der Waals surface area contributed by atoms with Crippen molar-refractivity contribution in [2.75, 3.05) is 17.7 Å². The minimum absolute atomic E-state index is 0.0473. The summed E-state index contributed by atoms with van der Waals surface area (Å²) < 4.78 is 17.6. The molecule has 0 aliphatic carbocycles. The first kappa shape index (κ1) is 27.3. The smallest absolute Gasteiger partial charge is 0.411 e. The van der Waals surface area contributed by atoms with Gasteiger partial charge >= 0.3 is 12.1 Å². The minimum atomic E-state index is -1.03. The van der Waals surface area contributed by atoms with Crippen molar-refractivity contribution in [1.29, 1.82) is 0 Å². The van der Waals surface area contributed by atoms with Gasteiger partial charge in [0.25, 0.3) is 0 Å². The lowest BCUT2D eigenvalue weighted by Crippen LogP contribution is -2.31. The summed E-state index contributed by atoms with van der Waals surface area (Å²) in [5, 5.41) is 21.9. The van der Waals surface area contributed by atoms with Gasteiger partial charge in [-0.05, 0) is 35.4 Å². The van der Waals surface area contributed by atoms with Crippen molar-refractivity contribution in [3.05, 3.63) is 102 Å². The maximum absolute atomic E-state index is 11.8. The molecule has 1 fully saturated rings. The number of ether oxygens (including phenoxy) is 3. The largest absolute Gasteiger partial charge is 0.478 e. The van der Waals surface area contributed by atoms with Crippen LogP contribution in [0.2, 0.25) is 0 Å². The third-order valence-corrected chi connectivity index (χ3v) is 6.92. The SMILES string of the molecule is C=CCOC(=O)Nc1ccc(C2OC(CSc3ncccc3C(=O)O)CC(c3ccc(CO)cc3)O2)cc1. The number of aliphatic hydroxyl groups excluding tert-OH is 1. The molecule has 38 heavy (non-hydrogen) atoms. The average molecular weight is 537 g/mol. The second kappa shape index (κ2) is 13.2. The van der Waals surface area contributed by atoms with Gasteiger partial charge in [-0.15, -0.1) is 11.8 Å². The molecule has 0 radical (unpaired) electrons. The Balaban J connectivity index is 1.51. The maximum Gasteiger partial charge on any atom is 0.411 e. The van der Waals surface area contributed by atoms with Crippen molar-refractivity contribution >= 4 is 29.5 Å². The van der Waals surface area contributed by atoms with E-state index in [0.717, 1.165) is 16.7 Å². The van der Waals surface area contributed by atoms with E-state index in [9.17, 15) is 19.8 Å². The molecule has 0 spiro atoms. The van der Waals surface area contributed by atoms with E-state index in [1.54, 1.807) is 36.5 Å². The molecule has 1 aromatic heterocycles. The van der Waals surface area contributed by atoms with Crippen LogP contribution in [0.3, 0.4) is 0 Å². The van der Waals surface area contributed by atoms with E-state index in [0.29, 0.717) is 22.9 Å². The summed E-state index contributed by atoms with van der Waals surface area (Å²) in [5.41, 5.74) is 3.20. The normalized spacial score (nSPS) is 18.9. The van der Waals surface area contributed by atoms with Crippen molar-refractivity contribution < 1.29 is 34.0 Å². The Labute approximate surface area is 224 Å². The second-order valence-electron chi connectivity index (χ2n) is 8.46. The molecule has 3 atom stereocenters. The van der Waals surface area contributed by atoms with Gasteiger partial charge in [-0.2, -0.15) is 0 Å². The standard InChI is InChI=1S/C28H28N2O7S/c1-2-14-35-28(34)30-21-11-9-20(10-12-21)27-36-22(17-38-25-23(26(32)33)4-3-13-29-25)15-24(37-27)19-7-5-18(16-31)6-8-19/h2-13,22,24,27,31H,1,14-17H2,(H,30,34)(H,32,33). The molecule has 198 valence electrons. The lowest BCUT2D eigenvalue weighted by molar-refractivity contribution is -0.245. The molecule has 4 rings (SSSR count). The molecule has 10 heteroatoms. The average Bonchev–Trinajstić information content (AvgIpc) is 2.95. The number of carbonyl (C=O) groups excluding carboxylic acids is 1. The third kappa shape index (κ3) is 7.20. The molecular weight excluding hydrogens is 508 g/mol. The minimum Gasteiger partial charge on any atom is -0.478 e. The number of benzene rings is 2. The van der Waals surface area contributed by atoms with E-state index in [1.807, 2.05) is 24.3 Å². The van der Waals surface area contributed by atoms with Crippen LogP contribution in [0.1, 0.15) is 45.9 Å². The zero-order valence-corrected chi connectivity index (χ0v) is 21.3. The van der Waals surface area contributed by atoms with Gasteiger partial charge in [-0.1, -0.05) is 49.1 Å². The van der Waals surface area contributed by atoms with Crippen LogP contribution < -0.4 is 5.32 Å². The van der Waals surface area contributed by atoms with Gasteiger partial charge in [0.15, 0.2) is 6.29 Å². The number of pyridine rings is 1. The highest BCUT2D eigenvalue weighted by Gasteiger charge is 2.32. The lowest BCUT2D eigenvalue weighted by atomic mass is 10.0. The van der Waals surface area contributed by atoms with Crippen LogP contribution in [0, 0.1) is 0 Å². The second-order valence-corrected chi connectivity index (χ2v) is 9.47. The Morgan fingerprint density at radius 3 is 2.53 bits per heavy atom. The van der Waals surface area contributed by atoms with Crippen LogP contribution in [-0.2, 0) is 20.8 Å². The Hall–Kier alpha value is -3.70. The number of thioether (sulfide) groups is 1. The number of anilines is 1. The number of hydrogen-bond acceptors (Lipinski definition) is 8. The van der Waals surface area contributed by atoms with Crippen molar-refractivity contribution in [3.8, 4) is 0 Å². The summed E-state index contributed by atoms with van der Waals surface area (Å²) >= 11 is 1.32. The number of aromatic carboxylic acids is 1. The molecule has 2 heterocycles. The summed E-state index contributed by atoms with van der Waals surface area (Å²) in [6.45, 7) is 3.58. The van der Waals surface area contributed by atoms with Crippen LogP contribution in [0.5, 0.6) is 0 Å². The molecule has 9 nitrogen and oxygen atoms in total. The number of hydrogen-bond donors (Lipinski definition) is 3. The van der Waals surface area contributed by atoms with Crippen LogP contribution in [0.25, 0.3) is 0 Å². The predicted molar refractivity (Wildman–Crippen MR) is 142 cm³/mol.